The quantitative estimate of drug-likeness (QED) is 0.792. The number of piperidine rings is 1. The van der Waals surface area contributed by atoms with Gasteiger partial charge in [-0.15, -0.1) is 0 Å². The van der Waals surface area contributed by atoms with Crippen molar-refractivity contribution in [1.29, 1.82) is 0 Å². The molecule has 2 fully saturated rings. The van der Waals surface area contributed by atoms with Crippen molar-refractivity contribution in [3.63, 3.8) is 0 Å². The molecule has 0 aromatic rings. The van der Waals surface area contributed by atoms with Gasteiger partial charge < -0.3 is 10.2 Å². The summed E-state index contributed by atoms with van der Waals surface area (Å²) in [6.07, 6.45) is 6.70. The number of carbonyl (C=O) groups is 1. The zero-order valence-corrected chi connectivity index (χ0v) is 10.4. The molecule has 3 heteroatoms. The van der Waals surface area contributed by atoms with Crippen molar-refractivity contribution in [2.45, 2.75) is 51.5 Å². The molecule has 0 saturated carbocycles. The third kappa shape index (κ3) is 3.21. The van der Waals surface area contributed by atoms with Gasteiger partial charge in [0.05, 0.1) is 0 Å². The Balaban J connectivity index is 1.67. The summed E-state index contributed by atoms with van der Waals surface area (Å²) >= 11 is 0. The summed E-state index contributed by atoms with van der Waals surface area (Å²) in [7, 11) is 0. The molecule has 0 bridgehead atoms. The standard InChI is InChI=1S/C13H24N2O/c1-11-6-7-14-12(10-11)4-5-13(16)15-8-2-3-9-15/h11-12,14H,2-10H2,1H3. The zero-order valence-electron chi connectivity index (χ0n) is 10.4. The normalized spacial score (nSPS) is 30.7. The maximum Gasteiger partial charge on any atom is 0.222 e. The lowest BCUT2D eigenvalue weighted by Crippen LogP contribution is -2.38. The minimum Gasteiger partial charge on any atom is -0.343 e. The number of carbonyl (C=O) groups excluding carboxylic acids is 1. The van der Waals surface area contributed by atoms with Crippen LogP contribution in [0.4, 0.5) is 0 Å². The molecule has 0 aromatic heterocycles. The molecule has 2 rings (SSSR count). The van der Waals surface area contributed by atoms with Gasteiger partial charge in [0.25, 0.3) is 0 Å². The molecule has 0 radical (unpaired) electrons. The molecule has 92 valence electrons. The van der Waals surface area contributed by atoms with Gasteiger partial charge in [0.15, 0.2) is 0 Å². The van der Waals surface area contributed by atoms with Gasteiger partial charge in [-0.25, -0.2) is 0 Å². The van der Waals surface area contributed by atoms with E-state index in [0.717, 1.165) is 38.4 Å². The second-order valence-electron chi connectivity index (χ2n) is 5.41. The average Bonchev–Trinajstić information content (AvgIpc) is 2.79. The second kappa shape index (κ2) is 5.67. The number of nitrogens with one attached hydrogen (secondary N) is 1. The van der Waals surface area contributed by atoms with Gasteiger partial charge in [0.1, 0.15) is 0 Å². The molecule has 2 aliphatic rings. The molecule has 2 saturated heterocycles. The van der Waals surface area contributed by atoms with E-state index >= 15 is 0 Å². The van der Waals surface area contributed by atoms with Gasteiger partial charge in [-0.1, -0.05) is 6.92 Å². The largest absolute Gasteiger partial charge is 0.343 e. The molecular weight excluding hydrogens is 200 g/mol. The number of rotatable bonds is 3. The number of likely N-dealkylation sites (tertiary alicyclic amines) is 1. The Morgan fingerprint density at radius 3 is 2.81 bits per heavy atom. The topological polar surface area (TPSA) is 32.3 Å². The van der Waals surface area contributed by atoms with Gasteiger partial charge in [0.2, 0.25) is 5.91 Å². The summed E-state index contributed by atoms with van der Waals surface area (Å²) in [6, 6.07) is 0.579. The summed E-state index contributed by atoms with van der Waals surface area (Å²) < 4.78 is 0. The first-order valence-electron chi connectivity index (χ1n) is 6.77. The van der Waals surface area contributed by atoms with Gasteiger partial charge in [0, 0.05) is 25.6 Å². The van der Waals surface area contributed by atoms with E-state index in [9.17, 15) is 4.79 Å². The first kappa shape index (κ1) is 11.9. The first-order chi connectivity index (χ1) is 7.75. The van der Waals surface area contributed by atoms with Crippen LogP contribution in [0.5, 0.6) is 0 Å². The molecule has 2 aliphatic heterocycles. The molecule has 0 spiro atoms. The highest BCUT2D eigenvalue weighted by molar-refractivity contribution is 5.76. The molecular formula is C13H24N2O. The highest BCUT2D eigenvalue weighted by atomic mass is 16.2. The highest BCUT2D eigenvalue weighted by Crippen LogP contribution is 2.19. The molecule has 0 aromatic carbocycles. The second-order valence-corrected chi connectivity index (χ2v) is 5.41. The molecule has 2 heterocycles. The van der Waals surface area contributed by atoms with Crippen molar-refractivity contribution in [3.05, 3.63) is 0 Å². The van der Waals surface area contributed by atoms with E-state index in [1.165, 1.54) is 25.7 Å². The van der Waals surface area contributed by atoms with Crippen LogP contribution in [0.15, 0.2) is 0 Å². The lowest BCUT2D eigenvalue weighted by Gasteiger charge is -2.28. The monoisotopic (exact) mass is 224 g/mol. The zero-order chi connectivity index (χ0) is 11.4. The SMILES string of the molecule is CC1CCNC(CCC(=O)N2CCCC2)C1. The fourth-order valence-electron chi connectivity index (χ4n) is 2.86. The lowest BCUT2D eigenvalue weighted by atomic mass is 9.92. The molecule has 0 aliphatic carbocycles. The number of hydrogen-bond acceptors (Lipinski definition) is 2. The number of nitrogens with zero attached hydrogens (tertiary/aromatic N) is 1. The van der Waals surface area contributed by atoms with Gasteiger partial charge in [-0.3, -0.25) is 4.79 Å². The van der Waals surface area contributed by atoms with Gasteiger partial charge in [-0.05, 0) is 44.6 Å². The Bertz CT molecular complexity index is 236. The number of hydrogen-bond donors (Lipinski definition) is 1. The summed E-state index contributed by atoms with van der Waals surface area (Å²) in [5, 5.41) is 3.52. The molecule has 2 atom stereocenters. The summed E-state index contributed by atoms with van der Waals surface area (Å²) in [5.74, 6) is 1.20. The third-order valence-corrected chi connectivity index (χ3v) is 3.92. The molecule has 16 heavy (non-hydrogen) atoms. The van der Waals surface area contributed by atoms with E-state index in [1.807, 2.05) is 4.90 Å². The highest BCUT2D eigenvalue weighted by Gasteiger charge is 2.21. The molecule has 3 nitrogen and oxygen atoms in total. The van der Waals surface area contributed by atoms with E-state index in [2.05, 4.69) is 12.2 Å². The Morgan fingerprint density at radius 1 is 1.38 bits per heavy atom. The molecule has 2 unspecified atom stereocenters. The van der Waals surface area contributed by atoms with Crippen molar-refractivity contribution in [1.82, 2.24) is 10.2 Å². The van der Waals surface area contributed by atoms with Gasteiger partial charge >= 0.3 is 0 Å². The predicted octanol–water partition coefficient (Wildman–Crippen LogP) is 1.78. The minimum atomic E-state index is 0.373. The Kier molecular flexibility index (Phi) is 4.22. The Labute approximate surface area is 98.6 Å². The number of amides is 1. The minimum absolute atomic E-state index is 0.373. The van der Waals surface area contributed by atoms with Crippen LogP contribution in [-0.4, -0.2) is 36.5 Å². The van der Waals surface area contributed by atoms with E-state index in [-0.39, 0.29) is 0 Å². The lowest BCUT2D eigenvalue weighted by molar-refractivity contribution is -0.130. The van der Waals surface area contributed by atoms with E-state index in [1.54, 1.807) is 0 Å². The van der Waals surface area contributed by atoms with Crippen molar-refractivity contribution in [2.75, 3.05) is 19.6 Å². The fourth-order valence-corrected chi connectivity index (χ4v) is 2.86. The van der Waals surface area contributed by atoms with Gasteiger partial charge in [-0.2, -0.15) is 0 Å². The summed E-state index contributed by atoms with van der Waals surface area (Å²) in [4.78, 5) is 13.9. The van der Waals surface area contributed by atoms with Crippen molar-refractivity contribution in [2.24, 2.45) is 5.92 Å². The predicted molar refractivity (Wildman–Crippen MR) is 65.2 cm³/mol. The van der Waals surface area contributed by atoms with E-state index in [0.29, 0.717) is 11.9 Å². The third-order valence-electron chi connectivity index (χ3n) is 3.92. The first-order valence-corrected chi connectivity index (χ1v) is 6.77. The van der Waals surface area contributed by atoms with Crippen molar-refractivity contribution >= 4 is 5.91 Å². The van der Waals surface area contributed by atoms with E-state index < -0.39 is 0 Å². The van der Waals surface area contributed by atoms with Crippen LogP contribution in [0, 0.1) is 5.92 Å². The Morgan fingerprint density at radius 2 is 2.12 bits per heavy atom. The molecule has 1 N–H and O–H groups in total. The van der Waals surface area contributed by atoms with Crippen LogP contribution < -0.4 is 5.32 Å². The summed E-state index contributed by atoms with van der Waals surface area (Å²) in [6.45, 7) is 5.43. The van der Waals surface area contributed by atoms with Crippen LogP contribution in [0.2, 0.25) is 0 Å². The van der Waals surface area contributed by atoms with Crippen molar-refractivity contribution < 1.29 is 4.79 Å². The smallest absolute Gasteiger partial charge is 0.222 e. The van der Waals surface area contributed by atoms with Crippen LogP contribution in [0.1, 0.15) is 45.4 Å². The van der Waals surface area contributed by atoms with Crippen LogP contribution in [0.25, 0.3) is 0 Å². The van der Waals surface area contributed by atoms with Crippen LogP contribution in [-0.2, 0) is 4.79 Å². The average molecular weight is 224 g/mol. The van der Waals surface area contributed by atoms with Crippen molar-refractivity contribution in [3.8, 4) is 0 Å². The van der Waals surface area contributed by atoms with E-state index in [4.69, 9.17) is 0 Å². The maximum atomic E-state index is 11.9. The van der Waals surface area contributed by atoms with Crippen LogP contribution in [0.3, 0.4) is 0 Å². The Hall–Kier alpha value is -0.570. The molecule has 1 amide bonds. The van der Waals surface area contributed by atoms with Crippen LogP contribution >= 0.6 is 0 Å². The maximum absolute atomic E-state index is 11.9. The summed E-state index contributed by atoms with van der Waals surface area (Å²) in [5.41, 5.74) is 0. The fraction of sp³-hybridized carbons (Fsp3) is 0.923.